The Morgan fingerprint density at radius 1 is 1.38 bits per heavy atom. The molecule has 1 aromatic carbocycles. The van der Waals surface area contributed by atoms with Crippen LogP contribution in [0.15, 0.2) is 30.4 Å². The predicted octanol–water partition coefficient (Wildman–Crippen LogP) is 2.88. The molecule has 13 heavy (non-hydrogen) atoms. The zero-order valence-corrected chi connectivity index (χ0v) is 8.59. The molecule has 1 nitrogen and oxygen atoms in total. The summed E-state index contributed by atoms with van der Waals surface area (Å²) >= 11 is 0. The highest BCUT2D eigenvalue weighted by Crippen LogP contribution is 2.21. The molecule has 1 atom stereocenters. The van der Waals surface area contributed by atoms with Gasteiger partial charge in [-0.1, -0.05) is 35.9 Å². The minimum absolute atomic E-state index is 0.0272. The van der Waals surface area contributed by atoms with E-state index in [4.69, 9.17) is 5.73 Å². The van der Waals surface area contributed by atoms with Crippen LogP contribution >= 0.6 is 0 Å². The molecule has 0 bridgehead atoms. The van der Waals surface area contributed by atoms with Crippen LogP contribution in [0.1, 0.15) is 29.7 Å². The van der Waals surface area contributed by atoms with Gasteiger partial charge in [-0.25, -0.2) is 0 Å². The van der Waals surface area contributed by atoms with Crippen LogP contribution in [0.5, 0.6) is 0 Å². The Bertz CT molecular complexity index is 326. The third kappa shape index (κ3) is 2.19. The van der Waals surface area contributed by atoms with Crippen molar-refractivity contribution < 1.29 is 0 Å². The molecule has 0 saturated heterocycles. The fourth-order valence-electron chi connectivity index (χ4n) is 1.44. The van der Waals surface area contributed by atoms with Gasteiger partial charge in [-0.15, -0.1) is 0 Å². The van der Waals surface area contributed by atoms with E-state index in [1.807, 2.05) is 6.92 Å². The molecule has 1 rings (SSSR count). The van der Waals surface area contributed by atoms with Gasteiger partial charge < -0.3 is 5.73 Å². The summed E-state index contributed by atoms with van der Waals surface area (Å²) in [6, 6.07) is 6.30. The molecule has 70 valence electrons. The van der Waals surface area contributed by atoms with Crippen LogP contribution in [0.25, 0.3) is 0 Å². The molecule has 0 heterocycles. The molecule has 0 aliphatic rings. The Labute approximate surface area is 80.3 Å². The first-order valence-electron chi connectivity index (χ1n) is 4.50. The monoisotopic (exact) mass is 175 g/mol. The van der Waals surface area contributed by atoms with E-state index in [-0.39, 0.29) is 6.04 Å². The fourth-order valence-corrected chi connectivity index (χ4v) is 1.44. The largest absolute Gasteiger partial charge is 0.321 e. The van der Waals surface area contributed by atoms with Crippen LogP contribution in [0.4, 0.5) is 0 Å². The summed E-state index contributed by atoms with van der Waals surface area (Å²) < 4.78 is 0. The van der Waals surface area contributed by atoms with Gasteiger partial charge in [0.1, 0.15) is 0 Å². The van der Waals surface area contributed by atoms with Crippen LogP contribution in [0, 0.1) is 13.8 Å². The summed E-state index contributed by atoms with van der Waals surface area (Å²) in [5.41, 5.74) is 10.7. The van der Waals surface area contributed by atoms with Crippen molar-refractivity contribution in [3.63, 3.8) is 0 Å². The van der Waals surface area contributed by atoms with Crippen molar-refractivity contribution >= 4 is 0 Å². The Hall–Kier alpha value is -1.08. The second-order valence-corrected chi connectivity index (χ2v) is 3.68. The third-order valence-corrected chi connectivity index (χ3v) is 2.29. The van der Waals surface area contributed by atoms with Crippen molar-refractivity contribution in [2.75, 3.05) is 0 Å². The van der Waals surface area contributed by atoms with Crippen molar-refractivity contribution in [2.45, 2.75) is 26.8 Å². The smallest absolute Gasteiger partial charge is 0.0508 e. The van der Waals surface area contributed by atoms with Crippen LogP contribution in [0.3, 0.4) is 0 Å². The first-order valence-corrected chi connectivity index (χ1v) is 4.50. The van der Waals surface area contributed by atoms with Gasteiger partial charge in [0.25, 0.3) is 0 Å². The summed E-state index contributed by atoms with van der Waals surface area (Å²) in [7, 11) is 0. The second-order valence-electron chi connectivity index (χ2n) is 3.68. The van der Waals surface area contributed by atoms with Crippen molar-refractivity contribution in [1.82, 2.24) is 0 Å². The lowest BCUT2D eigenvalue weighted by Gasteiger charge is -2.14. The molecule has 0 aliphatic carbocycles. The van der Waals surface area contributed by atoms with E-state index in [1.54, 1.807) is 0 Å². The maximum atomic E-state index is 5.99. The van der Waals surface area contributed by atoms with E-state index in [9.17, 15) is 0 Å². The molecule has 1 heteroatoms. The maximum absolute atomic E-state index is 5.99. The SMILES string of the molecule is C=C(C)C(N)c1ccc(C)cc1C. The van der Waals surface area contributed by atoms with Gasteiger partial charge in [0.05, 0.1) is 6.04 Å². The van der Waals surface area contributed by atoms with E-state index in [0.29, 0.717) is 0 Å². The van der Waals surface area contributed by atoms with Gasteiger partial charge in [-0.2, -0.15) is 0 Å². The van der Waals surface area contributed by atoms with Crippen molar-refractivity contribution in [3.05, 3.63) is 47.0 Å². The highest BCUT2D eigenvalue weighted by molar-refractivity contribution is 5.35. The summed E-state index contributed by atoms with van der Waals surface area (Å²) in [5.74, 6) is 0. The highest BCUT2D eigenvalue weighted by Gasteiger charge is 2.08. The molecule has 0 saturated carbocycles. The Kier molecular flexibility index (Phi) is 2.89. The summed E-state index contributed by atoms with van der Waals surface area (Å²) in [6.45, 7) is 10.0. The van der Waals surface area contributed by atoms with Crippen molar-refractivity contribution in [3.8, 4) is 0 Å². The lowest BCUT2D eigenvalue weighted by Crippen LogP contribution is -2.12. The third-order valence-electron chi connectivity index (χ3n) is 2.29. The molecule has 0 aromatic heterocycles. The number of aryl methyl sites for hydroxylation is 2. The second kappa shape index (κ2) is 3.75. The Balaban J connectivity index is 3.08. The number of benzene rings is 1. The van der Waals surface area contributed by atoms with E-state index in [0.717, 1.165) is 5.57 Å². The normalized spacial score (nSPS) is 12.6. The number of hydrogen-bond donors (Lipinski definition) is 1. The average molecular weight is 175 g/mol. The first kappa shape index (κ1) is 10.0. The Morgan fingerprint density at radius 2 is 2.00 bits per heavy atom. The first-order chi connectivity index (χ1) is 6.02. The minimum atomic E-state index is -0.0272. The average Bonchev–Trinajstić information content (AvgIpc) is 2.03. The van der Waals surface area contributed by atoms with Gasteiger partial charge in [-0.3, -0.25) is 0 Å². The standard InChI is InChI=1S/C12H17N/c1-8(2)12(13)11-6-5-9(3)7-10(11)4/h5-7,12H,1,13H2,2-4H3. The van der Waals surface area contributed by atoms with E-state index in [1.165, 1.54) is 16.7 Å². The quantitative estimate of drug-likeness (QED) is 0.687. The lowest BCUT2D eigenvalue weighted by molar-refractivity contribution is 0.841. The molecule has 0 spiro atoms. The van der Waals surface area contributed by atoms with E-state index in [2.05, 4.69) is 38.6 Å². The molecule has 1 aromatic rings. The summed E-state index contributed by atoms with van der Waals surface area (Å²) in [6.07, 6.45) is 0. The zero-order valence-electron chi connectivity index (χ0n) is 8.59. The Morgan fingerprint density at radius 3 is 2.46 bits per heavy atom. The van der Waals surface area contributed by atoms with Gasteiger partial charge >= 0.3 is 0 Å². The highest BCUT2D eigenvalue weighted by atomic mass is 14.6. The topological polar surface area (TPSA) is 26.0 Å². The van der Waals surface area contributed by atoms with Crippen LogP contribution in [-0.4, -0.2) is 0 Å². The molecule has 0 aliphatic heterocycles. The predicted molar refractivity (Wildman–Crippen MR) is 57.7 cm³/mol. The van der Waals surface area contributed by atoms with E-state index < -0.39 is 0 Å². The molecular weight excluding hydrogens is 158 g/mol. The molecule has 0 fully saturated rings. The maximum Gasteiger partial charge on any atom is 0.0508 e. The molecule has 1 unspecified atom stereocenters. The van der Waals surface area contributed by atoms with Gasteiger partial charge in [0.15, 0.2) is 0 Å². The zero-order chi connectivity index (χ0) is 10.0. The van der Waals surface area contributed by atoms with Gasteiger partial charge in [0, 0.05) is 0 Å². The van der Waals surface area contributed by atoms with Gasteiger partial charge in [0.2, 0.25) is 0 Å². The number of rotatable bonds is 2. The minimum Gasteiger partial charge on any atom is -0.321 e. The molecular formula is C12H17N. The number of hydrogen-bond acceptors (Lipinski definition) is 1. The van der Waals surface area contributed by atoms with Crippen LogP contribution in [0.2, 0.25) is 0 Å². The van der Waals surface area contributed by atoms with Crippen LogP contribution in [-0.2, 0) is 0 Å². The summed E-state index contributed by atoms with van der Waals surface area (Å²) in [4.78, 5) is 0. The molecule has 0 radical (unpaired) electrons. The molecule has 2 N–H and O–H groups in total. The van der Waals surface area contributed by atoms with Crippen molar-refractivity contribution in [1.29, 1.82) is 0 Å². The number of nitrogens with two attached hydrogens (primary N) is 1. The lowest BCUT2D eigenvalue weighted by atomic mass is 9.96. The van der Waals surface area contributed by atoms with Crippen molar-refractivity contribution in [2.24, 2.45) is 5.73 Å². The fraction of sp³-hybridized carbons (Fsp3) is 0.333. The summed E-state index contributed by atoms with van der Waals surface area (Å²) in [5, 5.41) is 0. The van der Waals surface area contributed by atoms with Gasteiger partial charge in [-0.05, 0) is 31.9 Å². The van der Waals surface area contributed by atoms with Crippen LogP contribution < -0.4 is 5.73 Å². The molecule has 0 amide bonds. The van der Waals surface area contributed by atoms with E-state index >= 15 is 0 Å².